The normalized spacial score (nSPS) is 11.8. The van der Waals surface area contributed by atoms with E-state index in [0.717, 1.165) is 18.4 Å². The van der Waals surface area contributed by atoms with E-state index in [2.05, 4.69) is 9.71 Å². The minimum Gasteiger partial charge on any atom is -0.268 e. The lowest BCUT2D eigenvalue weighted by molar-refractivity contribution is 0.463. The molecule has 1 aromatic heterocycles. The molecule has 0 aliphatic rings. The zero-order chi connectivity index (χ0) is 13.8. The van der Waals surface area contributed by atoms with Crippen LogP contribution in [0.5, 0.6) is 0 Å². The maximum atomic E-state index is 12.0. The fourth-order valence-electron chi connectivity index (χ4n) is 1.34. The van der Waals surface area contributed by atoms with Crippen LogP contribution in [0.1, 0.15) is 25.3 Å². The fourth-order valence-corrected chi connectivity index (χ4v) is 2.51. The number of hydrogen-bond donors (Lipinski definition) is 1. The van der Waals surface area contributed by atoms with Crippen LogP contribution in [0.2, 0.25) is 5.15 Å². The van der Waals surface area contributed by atoms with Crippen molar-refractivity contribution in [1.82, 2.24) is 9.29 Å². The van der Waals surface area contributed by atoms with E-state index in [9.17, 15) is 8.42 Å². The molecule has 102 valence electrons. The van der Waals surface area contributed by atoms with E-state index in [0.29, 0.717) is 12.2 Å². The molecule has 0 bridgehead atoms. The van der Waals surface area contributed by atoms with Gasteiger partial charge in [-0.05, 0) is 25.0 Å². The van der Waals surface area contributed by atoms with Gasteiger partial charge in [-0.25, -0.2) is 4.98 Å². The summed E-state index contributed by atoms with van der Waals surface area (Å²) in [6, 6.07) is 1.65. The average molecular weight is 292 g/mol. The topological polar surface area (TPSA) is 62.3 Å². The fraction of sp³-hybridized carbons (Fsp3) is 0.545. The number of nitrogens with zero attached hydrogens (tertiary/aromatic N) is 2. The van der Waals surface area contributed by atoms with Gasteiger partial charge in [-0.2, -0.15) is 12.7 Å². The highest BCUT2D eigenvalue weighted by Gasteiger charge is 2.18. The van der Waals surface area contributed by atoms with E-state index in [1.54, 1.807) is 12.3 Å². The second-order valence-electron chi connectivity index (χ2n) is 4.13. The molecule has 18 heavy (non-hydrogen) atoms. The second-order valence-corrected chi connectivity index (χ2v) is 6.27. The molecule has 5 nitrogen and oxygen atoms in total. The summed E-state index contributed by atoms with van der Waals surface area (Å²) < 4.78 is 27.7. The van der Waals surface area contributed by atoms with Crippen LogP contribution in [-0.2, 0) is 10.2 Å². The van der Waals surface area contributed by atoms with Crippen molar-refractivity contribution < 1.29 is 8.42 Å². The van der Waals surface area contributed by atoms with Gasteiger partial charge in [-0.1, -0.05) is 24.9 Å². The van der Waals surface area contributed by atoms with E-state index in [1.165, 1.54) is 11.4 Å². The van der Waals surface area contributed by atoms with Crippen molar-refractivity contribution in [2.24, 2.45) is 0 Å². The molecule has 0 saturated carbocycles. The molecule has 0 amide bonds. The molecule has 1 heterocycles. The maximum absolute atomic E-state index is 12.0. The largest absolute Gasteiger partial charge is 0.301 e. The van der Waals surface area contributed by atoms with Gasteiger partial charge in [-0.15, -0.1) is 0 Å². The van der Waals surface area contributed by atoms with Crippen LogP contribution in [0, 0.1) is 6.92 Å². The van der Waals surface area contributed by atoms with Crippen molar-refractivity contribution in [2.75, 3.05) is 18.3 Å². The van der Waals surface area contributed by atoms with Crippen molar-refractivity contribution in [2.45, 2.75) is 26.7 Å². The Morgan fingerprint density at radius 3 is 2.78 bits per heavy atom. The summed E-state index contributed by atoms with van der Waals surface area (Å²) in [5.41, 5.74) is 1.15. The number of anilines is 1. The Bertz CT molecular complexity index is 505. The summed E-state index contributed by atoms with van der Waals surface area (Å²) in [6.45, 7) is 4.31. The predicted octanol–water partition coefficient (Wildman–Crippen LogP) is 2.43. The van der Waals surface area contributed by atoms with Crippen LogP contribution in [0.3, 0.4) is 0 Å². The number of hydrogen-bond acceptors (Lipinski definition) is 3. The van der Waals surface area contributed by atoms with Crippen molar-refractivity contribution >= 4 is 27.5 Å². The first-order valence-electron chi connectivity index (χ1n) is 5.73. The Hall–Kier alpha value is -0.850. The van der Waals surface area contributed by atoms with E-state index < -0.39 is 10.2 Å². The summed E-state index contributed by atoms with van der Waals surface area (Å²) in [4.78, 5) is 3.90. The van der Waals surface area contributed by atoms with E-state index in [-0.39, 0.29) is 5.15 Å². The highest BCUT2D eigenvalue weighted by Crippen LogP contribution is 2.21. The Balaban J connectivity index is 2.85. The molecule has 7 heteroatoms. The third-order valence-corrected chi connectivity index (χ3v) is 4.23. The summed E-state index contributed by atoms with van der Waals surface area (Å²) in [5.74, 6) is 0. The van der Waals surface area contributed by atoms with Gasteiger partial charge >= 0.3 is 10.2 Å². The molecule has 0 fully saturated rings. The van der Waals surface area contributed by atoms with Gasteiger partial charge in [0.2, 0.25) is 0 Å². The number of aryl methyl sites for hydroxylation is 1. The first-order chi connectivity index (χ1) is 8.36. The highest BCUT2D eigenvalue weighted by molar-refractivity contribution is 7.90. The molecule has 0 aromatic carbocycles. The molecule has 0 unspecified atom stereocenters. The minimum absolute atomic E-state index is 0.146. The van der Waals surface area contributed by atoms with Crippen LogP contribution in [0.25, 0.3) is 0 Å². The predicted molar refractivity (Wildman–Crippen MR) is 74.1 cm³/mol. The van der Waals surface area contributed by atoms with Crippen molar-refractivity contribution in [1.29, 1.82) is 0 Å². The Morgan fingerprint density at radius 2 is 2.17 bits per heavy atom. The summed E-state index contributed by atoms with van der Waals surface area (Å²) in [5, 5.41) is 0.146. The number of halogens is 1. The first-order valence-corrected chi connectivity index (χ1v) is 7.55. The quantitative estimate of drug-likeness (QED) is 0.819. The molecular formula is C11H18ClN3O2S. The summed E-state index contributed by atoms with van der Waals surface area (Å²) in [6.07, 6.45) is 3.34. The molecule has 0 radical (unpaired) electrons. The lowest BCUT2D eigenvalue weighted by Crippen LogP contribution is -2.33. The van der Waals surface area contributed by atoms with Crippen molar-refractivity contribution in [3.8, 4) is 0 Å². The molecule has 0 aliphatic carbocycles. The number of rotatable bonds is 6. The maximum Gasteiger partial charge on any atom is 0.301 e. The molecule has 0 saturated heterocycles. The number of unbranched alkanes of at least 4 members (excludes halogenated alkanes) is 1. The van der Waals surface area contributed by atoms with E-state index >= 15 is 0 Å². The lowest BCUT2D eigenvalue weighted by Gasteiger charge is -2.18. The molecule has 0 aliphatic heterocycles. The van der Waals surface area contributed by atoms with Gasteiger partial charge in [-0.3, -0.25) is 4.72 Å². The monoisotopic (exact) mass is 291 g/mol. The molecule has 1 aromatic rings. The third-order valence-electron chi connectivity index (χ3n) is 2.45. The second kappa shape index (κ2) is 6.36. The Labute approximate surface area is 113 Å². The molecule has 0 spiro atoms. The van der Waals surface area contributed by atoms with Gasteiger partial charge in [0.1, 0.15) is 0 Å². The van der Waals surface area contributed by atoms with Crippen molar-refractivity contribution in [3.05, 3.63) is 23.0 Å². The lowest BCUT2D eigenvalue weighted by atomic mass is 10.3. The van der Waals surface area contributed by atoms with Crippen LogP contribution in [-0.4, -0.2) is 31.3 Å². The zero-order valence-corrected chi connectivity index (χ0v) is 12.3. The standard InChI is InChI=1S/C11H18ClN3O2S/c1-4-5-6-15(3)18(16,17)14-10-7-9(2)8-13-11(10)12/h7-8,14H,4-6H2,1-3H3. The van der Waals surface area contributed by atoms with E-state index in [1.807, 2.05) is 13.8 Å². The van der Waals surface area contributed by atoms with Gasteiger partial charge in [0.05, 0.1) is 5.69 Å². The Morgan fingerprint density at radius 1 is 1.50 bits per heavy atom. The zero-order valence-electron chi connectivity index (χ0n) is 10.8. The molecule has 1 N–H and O–H groups in total. The summed E-state index contributed by atoms with van der Waals surface area (Å²) >= 11 is 5.85. The van der Waals surface area contributed by atoms with Gasteiger partial charge in [0, 0.05) is 19.8 Å². The number of aromatic nitrogens is 1. The smallest absolute Gasteiger partial charge is 0.268 e. The molecular weight excluding hydrogens is 274 g/mol. The first kappa shape index (κ1) is 15.2. The molecule has 0 atom stereocenters. The van der Waals surface area contributed by atoms with Gasteiger partial charge < -0.3 is 0 Å². The van der Waals surface area contributed by atoms with Crippen LogP contribution < -0.4 is 4.72 Å². The SMILES string of the molecule is CCCCN(C)S(=O)(=O)Nc1cc(C)cnc1Cl. The average Bonchev–Trinajstić information content (AvgIpc) is 2.30. The molecule has 1 rings (SSSR count). The van der Waals surface area contributed by atoms with E-state index in [4.69, 9.17) is 11.6 Å². The third kappa shape index (κ3) is 4.12. The Kier molecular flexibility index (Phi) is 5.37. The number of pyridine rings is 1. The van der Waals surface area contributed by atoms with Crippen LogP contribution in [0.4, 0.5) is 5.69 Å². The van der Waals surface area contributed by atoms with Gasteiger partial charge in [0.15, 0.2) is 5.15 Å². The minimum atomic E-state index is -3.57. The highest BCUT2D eigenvalue weighted by atomic mass is 35.5. The van der Waals surface area contributed by atoms with Gasteiger partial charge in [0.25, 0.3) is 0 Å². The number of nitrogens with one attached hydrogen (secondary N) is 1. The van der Waals surface area contributed by atoms with Crippen LogP contribution in [0.15, 0.2) is 12.3 Å². The summed E-state index contributed by atoms with van der Waals surface area (Å²) in [7, 11) is -2.03. The van der Waals surface area contributed by atoms with Crippen LogP contribution >= 0.6 is 11.6 Å². The van der Waals surface area contributed by atoms with Crippen molar-refractivity contribution in [3.63, 3.8) is 0 Å².